The summed E-state index contributed by atoms with van der Waals surface area (Å²) >= 11 is 0. The SMILES string of the molecule is O=C(c1cccc(-n2cnnn2)c1)N1CCC2(CCNC2)CC1. The molecule has 0 radical (unpaired) electrons. The molecule has 2 saturated heterocycles. The third-order valence-electron chi connectivity index (χ3n) is 5.15. The fourth-order valence-electron chi connectivity index (χ4n) is 3.65. The highest BCUT2D eigenvalue weighted by molar-refractivity contribution is 5.94. The maximum absolute atomic E-state index is 12.8. The van der Waals surface area contributed by atoms with Gasteiger partial charge in [-0.3, -0.25) is 4.79 Å². The van der Waals surface area contributed by atoms with Crippen LogP contribution in [0.5, 0.6) is 0 Å². The van der Waals surface area contributed by atoms with E-state index in [2.05, 4.69) is 20.8 Å². The average Bonchev–Trinajstić information content (AvgIpc) is 3.28. The molecule has 2 aliphatic heterocycles. The molecule has 7 nitrogen and oxygen atoms in total. The van der Waals surface area contributed by atoms with Gasteiger partial charge in [0.15, 0.2) is 0 Å². The lowest BCUT2D eigenvalue weighted by atomic mass is 9.78. The first-order valence-corrected chi connectivity index (χ1v) is 8.09. The lowest BCUT2D eigenvalue weighted by molar-refractivity contribution is 0.0607. The first-order chi connectivity index (χ1) is 11.3. The van der Waals surface area contributed by atoms with E-state index in [9.17, 15) is 4.79 Å². The molecule has 2 fully saturated rings. The third kappa shape index (κ3) is 2.72. The van der Waals surface area contributed by atoms with Crippen molar-refractivity contribution in [2.75, 3.05) is 26.2 Å². The van der Waals surface area contributed by atoms with Crippen LogP contribution in [0.1, 0.15) is 29.6 Å². The molecule has 7 heteroatoms. The average molecular weight is 312 g/mol. The van der Waals surface area contributed by atoms with Crippen LogP contribution >= 0.6 is 0 Å². The fourth-order valence-corrected chi connectivity index (χ4v) is 3.65. The van der Waals surface area contributed by atoms with E-state index >= 15 is 0 Å². The minimum absolute atomic E-state index is 0.0979. The van der Waals surface area contributed by atoms with Gasteiger partial charge in [-0.25, -0.2) is 4.68 Å². The summed E-state index contributed by atoms with van der Waals surface area (Å²) in [6, 6.07) is 7.47. The van der Waals surface area contributed by atoms with Crippen molar-refractivity contribution >= 4 is 5.91 Å². The molecule has 1 aromatic heterocycles. The summed E-state index contributed by atoms with van der Waals surface area (Å²) in [5.41, 5.74) is 1.92. The van der Waals surface area contributed by atoms with Crippen molar-refractivity contribution in [1.82, 2.24) is 30.4 Å². The van der Waals surface area contributed by atoms with Gasteiger partial charge in [0.2, 0.25) is 0 Å². The highest BCUT2D eigenvalue weighted by Gasteiger charge is 2.38. The van der Waals surface area contributed by atoms with E-state index in [0.29, 0.717) is 11.0 Å². The van der Waals surface area contributed by atoms with Gasteiger partial charge in [-0.15, -0.1) is 5.10 Å². The van der Waals surface area contributed by atoms with Crippen LogP contribution in [0.2, 0.25) is 0 Å². The van der Waals surface area contributed by atoms with E-state index in [0.717, 1.165) is 44.7 Å². The number of hydrogen-bond acceptors (Lipinski definition) is 5. The Labute approximate surface area is 134 Å². The zero-order valence-corrected chi connectivity index (χ0v) is 13.0. The molecule has 0 bridgehead atoms. The van der Waals surface area contributed by atoms with Gasteiger partial charge in [-0.2, -0.15) is 0 Å². The second-order valence-corrected chi connectivity index (χ2v) is 6.52. The van der Waals surface area contributed by atoms with Crippen molar-refractivity contribution in [1.29, 1.82) is 0 Å². The van der Waals surface area contributed by atoms with Crippen molar-refractivity contribution in [2.24, 2.45) is 5.41 Å². The third-order valence-corrected chi connectivity index (χ3v) is 5.15. The number of benzene rings is 1. The Hall–Kier alpha value is -2.28. The number of rotatable bonds is 2. The highest BCUT2D eigenvalue weighted by Crippen LogP contribution is 2.37. The minimum Gasteiger partial charge on any atom is -0.339 e. The van der Waals surface area contributed by atoms with E-state index in [1.807, 2.05) is 29.2 Å². The Morgan fingerprint density at radius 3 is 2.78 bits per heavy atom. The molecule has 2 aromatic rings. The lowest BCUT2D eigenvalue weighted by Gasteiger charge is -2.38. The van der Waals surface area contributed by atoms with Crippen LogP contribution in [0.3, 0.4) is 0 Å². The fraction of sp³-hybridized carbons (Fsp3) is 0.500. The number of tetrazole rings is 1. The zero-order valence-electron chi connectivity index (χ0n) is 13.0. The molecule has 4 rings (SSSR count). The molecule has 0 atom stereocenters. The number of hydrogen-bond donors (Lipinski definition) is 1. The van der Waals surface area contributed by atoms with Crippen LogP contribution in [0, 0.1) is 5.41 Å². The number of likely N-dealkylation sites (tertiary alicyclic amines) is 1. The number of nitrogens with one attached hydrogen (secondary N) is 1. The van der Waals surface area contributed by atoms with Crippen LogP contribution in [0.4, 0.5) is 0 Å². The van der Waals surface area contributed by atoms with Gasteiger partial charge in [0.25, 0.3) is 5.91 Å². The Bertz CT molecular complexity index is 682. The predicted molar refractivity (Wildman–Crippen MR) is 84.2 cm³/mol. The molecule has 1 N–H and O–H groups in total. The Morgan fingerprint density at radius 1 is 1.22 bits per heavy atom. The molecule has 1 amide bonds. The standard InChI is InChI=1S/C16H20N6O/c23-15(21-8-5-16(6-9-21)4-7-17-11-16)13-2-1-3-14(10-13)22-12-18-19-20-22/h1-3,10,12,17H,4-9,11H2. The topological polar surface area (TPSA) is 75.9 Å². The molecule has 3 heterocycles. The molecule has 2 aliphatic rings. The predicted octanol–water partition coefficient (Wildman–Crippen LogP) is 0.878. The number of aromatic nitrogens is 4. The summed E-state index contributed by atoms with van der Waals surface area (Å²) in [4.78, 5) is 14.7. The van der Waals surface area contributed by atoms with Crippen molar-refractivity contribution in [2.45, 2.75) is 19.3 Å². The van der Waals surface area contributed by atoms with Gasteiger partial charge >= 0.3 is 0 Å². The van der Waals surface area contributed by atoms with Crippen molar-refractivity contribution < 1.29 is 4.79 Å². The van der Waals surface area contributed by atoms with Crippen molar-refractivity contribution in [3.63, 3.8) is 0 Å². The number of carbonyl (C=O) groups is 1. The molecule has 1 spiro atoms. The van der Waals surface area contributed by atoms with E-state index in [-0.39, 0.29) is 5.91 Å². The molecule has 120 valence electrons. The molecular weight excluding hydrogens is 292 g/mol. The van der Waals surface area contributed by atoms with Gasteiger partial charge in [0.1, 0.15) is 6.33 Å². The van der Waals surface area contributed by atoms with Gasteiger partial charge in [-0.1, -0.05) is 6.07 Å². The lowest BCUT2D eigenvalue weighted by Crippen LogP contribution is -2.44. The normalized spacial score (nSPS) is 20.1. The van der Waals surface area contributed by atoms with Crippen molar-refractivity contribution in [3.05, 3.63) is 36.2 Å². The summed E-state index contributed by atoms with van der Waals surface area (Å²) in [5, 5.41) is 14.6. The quantitative estimate of drug-likeness (QED) is 0.891. The van der Waals surface area contributed by atoms with E-state index in [1.54, 1.807) is 4.68 Å². The molecule has 1 aromatic carbocycles. The van der Waals surface area contributed by atoms with Crippen molar-refractivity contribution in [3.8, 4) is 5.69 Å². The summed E-state index contributed by atoms with van der Waals surface area (Å²) in [6.45, 7) is 3.90. The van der Waals surface area contributed by atoms with Crippen LogP contribution in [0.15, 0.2) is 30.6 Å². The number of piperidine rings is 1. The highest BCUT2D eigenvalue weighted by atomic mass is 16.2. The van der Waals surface area contributed by atoms with Crippen LogP contribution in [-0.4, -0.2) is 57.2 Å². The summed E-state index contributed by atoms with van der Waals surface area (Å²) in [5.74, 6) is 0.0979. The van der Waals surface area contributed by atoms with Crippen LogP contribution < -0.4 is 5.32 Å². The summed E-state index contributed by atoms with van der Waals surface area (Å²) in [6.07, 6.45) is 4.96. The summed E-state index contributed by atoms with van der Waals surface area (Å²) < 4.78 is 1.56. The zero-order chi connectivity index (χ0) is 15.7. The van der Waals surface area contributed by atoms with Gasteiger partial charge in [0.05, 0.1) is 5.69 Å². The Morgan fingerprint density at radius 2 is 2.09 bits per heavy atom. The first kappa shape index (κ1) is 14.3. The largest absolute Gasteiger partial charge is 0.339 e. The van der Waals surface area contributed by atoms with E-state index in [1.165, 1.54) is 12.7 Å². The number of carbonyl (C=O) groups excluding carboxylic acids is 1. The Kier molecular flexibility index (Phi) is 3.57. The number of amides is 1. The monoisotopic (exact) mass is 312 g/mol. The smallest absolute Gasteiger partial charge is 0.253 e. The maximum atomic E-state index is 12.8. The summed E-state index contributed by atoms with van der Waals surface area (Å²) in [7, 11) is 0. The molecular formula is C16H20N6O. The molecule has 0 saturated carbocycles. The molecule has 0 aliphatic carbocycles. The Balaban J connectivity index is 1.48. The minimum atomic E-state index is 0.0979. The first-order valence-electron chi connectivity index (χ1n) is 8.09. The maximum Gasteiger partial charge on any atom is 0.253 e. The molecule has 0 unspecified atom stereocenters. The number of nitrogens with zero attached hydrogens (tertiary/aromatic N) is 5. The second kappa shape index (κ2) is 5.73. The van der Waals surface area contributed by atoms with Crippen LogP contribution in [0.25, 0.3) is 5.69 Å². The van der Waals surface area contributed by atoms with Gasteiger partial charge in [-0.05, 0) is 59.8 Å². The molecule has 23 heavy (non-hydrogen) atoms. The van der Waals surface area contributed by atoms with Crippen LogP contribution in [-0.2, 0) is 0 Å². The van der Waals surface area contributed by atoms with Gasteiger partial charge < -0.3 is 10.2 Å². The second-order valence-electron chi connectivity index (χ2n) is 6.52. The van der Waals surface area contributed by atoms with E-state index in [4.69, 9.17) is 0 Å². The van der Waals surface area contributed by atoms with E-state index < -0.39 is 0 Å². The van der Waals surface area contributed by atoms with Gasteiger partial charge in [0, 0.05) is 25.2 Å².